The summed E-state index contributed by atoms with van der Waals surface area (Å²) < 4.78 is 17.4. The molecular formula is C15H12N6O4. The lowest BCUT2D eigenvalue weighted by molar-refractivity contribution is -0.118. The number of hydrogen-bond acceptors (Lipinski definition) is 8. The average molecular weight is 340 g/mol. The van der Waals surface area contributed by atoms with E-state index >= 15 is 0 Å². The van der Waals surface area contributed by atoms with Gasteiger partial charge in [0.15, 0.2) is 23.9 Å². The number of benzene rings is 1. The Bertz CT molecular complexity index is 899. The normalized spacial score (nSPS) is 12.0. The summed E-state index contributed by atoms with van der Waals surface area (Å²) in [4.78, 5) is 23.9. The second-order valence-electron chi connectivity index (χ2n) is 4.95. The lowest BCUT2D eigenvalue weighted by Crippen LogP contribution is -2.21. The molecule has 0 fully saturated rings. The lowest BCUT2D eigenvalue weighted by Gasteiger charge is -2.08. The van der Waals surface area contributed by atoms with Crippen LogP contribution >= 0.6 is 0 Å². The van der Waals surface area contributed by atoms with E-state index in [1.165, 1.54) is 23.7 Å². The Kier molecular flexibility index (Phi) is 3.83. The summed E-state index contributed by atoms with van der Waals surface area (Å²) in [7, 11) is 0. The maximum atomic E-state index is 12.0. The van der Waals surface area contributed by atoms with E-state index < -0.39 is 0 Å². The Morgan fingerprint density at radius 2 is 2.12 bits per heavy atom. The summed E-state index contributed by atoms with van der Waals surface area (Å²) in [5.41, 5.74) is 0. The molecule has 1 aromatic carbocycles. The molecule has 10 heteroatoms. The molecule has 0 spiro atoms. The Hall–Kier alpha value is -3.69. The molecule has 1 aliphatic heterocycles. The van der Waals surface area contributed by atoms with E-state index in [-0.39, 0.29) is 19.3 Å². The van der Waals surface area contributed by atoms with E-state index in [4.69, 9.17) is 14.2 Å². The molecule has 1 aliphatic rings. The fraction of sp³-hybridized carbons (Fsp3) is 0.133. The predicted molar refractivity (Wildman–Crippen MR) is 83.6 cm³/mol. The number of aromatic nitrogens is 5. The standard InChI is InChI=1S/C15H12N6O4/c22-15(5-23-10-1-2-11-12(3-10)25-9-24-11)20-13-4-14(18-7-17-13)21-8-16-6-19-21/h1-4,6-8H,5,9H2,(H,17,18,20,22). The van der Waals surface area contributed by atoms with E-state index in [1.54, 1.807) is 24.3 Å². The summed E-state index contributed by atoms with van der Waals surface area (Å²) in [5.74, 6) is 2.20. The minimum absolute atomic E-state index is 0.178. The van der Waals surface area contributed by atoms with Gasteiger partial charge in [0.05, 0.1) is 0 Å². The second kappa shape index (κ2) is 6.43. The van der Waals surface area contributed by atoms with Crippen molar-refractivity contribution in [3.8, 4) is 23.1 Å². The molecule has 25 heavy (non-hydrogen) atoms. The lowest BCUT2D eigenvalue weighted by atomic mass is 10.3. The average Bonchev–Trinajstić information content (AvgIpc) is 3.31. The number of carbonyl (C=O) groups excluding carboxylic acids is 1. The van der Waals surface area contributed by atoms with Gasteiger partial charge < -0.3 is 19.5 Å². The van der Waals surface area contributed by atoms with Gasteiger partial charge in [-0.25, -0.2) is 19.6 Å². The van der Waals surface area contributed by atoms with Crippen LogP contribution in [0, 0.1) is 0 Å². The number of ether oxygens (including phenoxy) is 3. The monoisotopic (exact) mass is 340 g/mol. The first-order chi connectivity index (χ1) is 12.3. The van der Waals surface area contributed by atoms with Gasteiger partial charge in [-0.2, -0.15) is 5.10 Å². The Morgan fingerprint density at radius 3 is 3.00 bits per heavy atom. The number of hydrogen-bond donors (Lipinski definition) is 1. The molecule has 3 aromatic rings. The molecule has 0 bridgehead atoms. The van der Waals surface area contributed by atoms with Crippen LogP contribution in [0.3, 0.4) is 0 Å². The predicted octanol–water partition coefficient (Wildman–Crippen LogP) is 0.803. The SMILES string of the molecule is O=C(COc1ccc2c(c1)OCO2)Nc1cc(-n2cncn2)ncn1. The van der Waals surface area contributed by atoms with Gasteiger partial charge in [0.2, 0.25) is 6.79 Å². The van der Waals surface area contributed by atoms with Crippen molar-refractivity contribution in [3.63, 3.8) is 0 Å². The zero-order valence-corrected chi connectivity index (χ0v) is 12.8. The van der Waals surface area contributed by atoms with Crippen LogP contribution in [0.2, 0.25) is 0 Å². The summed E-state index contributed by atoms with van der Waals surface area (Å²) in [6.45, 7) is 0.00337. The molecule has 0 radical (unpaired) electrons. The third-order valence-corrected chi connectivity index (χ3v) is 3.29. The Labute approximate surface area is 141 Å². The van der Waals surface area contributed by atoms with Gasteiger partial charge in [-0.05, 0) is 12.1 Å². The van der Waals surface area contributed by atoms with Crippen molar-refractivity contribution in [2.45, 2.75) is 0 Å². The third-order valence-electron chi connectivity index (χ3n) is 3.29. The topological polar surface area (TPSA) is 113 Å². The first-order valence-electron chi connectivity index (χ1n) is 7.27. The maximum Gasteiger partial charge on any atom is 0.263 e. The third kappa shape index (κ3) is 3.32. The molecule has 0 aliphatic carbocycles. The Morgan fingerprint density at radius 1 is 1.20 bits per heavy atom. The summed E-state index contributed by atoms with van der Waals surface area (Å²) in [5, 5.41) is 6.60. The molecule has 3 heterocycles. The number of rotatable bonds is 5. The molecule has 0 saturated carbocycles. The number of carbonyl (C=O) groups is 1. The number of fused-ring (bicyclic) bond motifs is 1. The highest BCUT2D eigenvalue weighted by Crippen LogP contribution is 2.35. The molecule has 1 N–H and O–H groups in total. The highest BCUT2D eigenvalue weighted by Gasteiger charge is 2.14. The van der Waals surface area contributed by atoms with Gasteiger partial charge in [0, 0.05) is 12.1 Å². The Balaban J connectivity index is 1.37. The number of amides is 1. The van der Waals surface area contributed by atoms with Crippen LogP contribution in [0.4, 0.5) is 5.82 Å². The van der Waals surface area contributed by atoms with Crippen LogP contribution in [0.1, 0.15) is 0 Å². The fourth-order valence-electron chi connectivity index (χ4n) is 2.16. The van der Waals surface area contributed by atoms with Crippen LogP contribution in [-0.2, 0) is 4.79 Å². The molecule has 0 saturated heterocycles. The molecule has 0 unspecified atom stereocenters. The molecular weight excluding hydrogens is 328 g/mol. The quantitative estimate of drug-likeness (QED) is 0.726. The van der Waals surface area contributed by atoms with Gasteiger partial charge >= 0.3 is 0 Å². The van der Waals surface area contributed by atoms with Crippen molar-refractivity contribution in [1.29, 1.82) is 0 Å². The zero-order chi connectivity index (χ0) is 17.1. The smallest absolute Gasteiger partial charge is 0.263 e. The van der Waals surface area contributed by atoms with Crippen LogP contribution < -0.4 is 19.5 Å². The van der Waals surface area contributed by atoms with E-state index in [0.717, 1.165) is 0 Å². The van der Waals surface area contributed by atoms with Crippen LogP contribution in [0.25, 0.3) is 5.82 Å². The first-order valence-corrected chi connectivity index (χ1v) is 7.27. The van der Waals surface area contributed by atoms with E-state index in [2.05, 4.69) is 25.4 Å². The second-order valence-corrected chi connectivity index (χ2v) is 4.95. The van der Waals surface area contributed by atoms with E-state index in [1.807, 2.05) is 0 Å². The molecule has 10 nitrogen and oxygen atoms in total. The maximum absolute atomic E-state index is 12.0. The highest BCUT2D eigenvalue weighted by molar-refractivity contribution is 5.91. The summed E-state index contributed by atoms with van der Waals surface area (Å²) in [6.07, 6.45) is 4.21. The van der Waals surface area contributed by atoms with Crippen LogP contribution in [0.15, 0.2) is 43.2 Å². The zero-order valence-electron chi connectivity index (χ0n) is 12.8. The molecule has 126 valence electrons. The summed E-state index contributed by atoms with van der Waals surface area (Å²) >= 11 is 0. The van der Waals surface area contributed by atoms with Crippen LogP contribution in [-0.4, -0.2) is 44.0 Å². The molecule has 2 aromatic heterocycles. The van der Waals surface area contributed by atoms with Crippen molar-refractivity contribution in [3.05, 3.63) is 43.2 Å². The van der Waals surface area contributed by atoms with Crippen LogP contribution in [0.5, 0.6) is 17.2 Å². The van der Waals surface area contributed by atoms with Gasteiger partial charge in [-0.3, -0.25) is 4.79 Å². The number of anilines is 1. The fourth-order valence-corrected chi connectivity index (χ4v) is 2.16. The summed E-state index contributed by atoms with van der Waals surface area (Å²) in [6, 6.07) is 6.68. The molecule has 0 atom stereocenters. The largest absolute Gasteiger partial charge is 0.484 e. The van der Waals surface area contributed by atoms with E-state index in [9.17, 15) is 4.79 Å². The van der Waals surface area contributed by atoms with Crippen molar-refractivity contribution >= 4 is 11.7 Å². The highest BCUT2D eigenvalue weighted by atomic mass is 16.7. The van der Waals surface area contributed by atoms with E-state index in [0.29, 0.717) is 28.9 Å². The van der Waals surface area contributed by atoms with Crippen molar-refractivity contribution in [2.75, 3.05) is 18.7 Å². The van der Waals surface area contributed by atoms with Gasteiger partial charge in [-0.1, -0.05) is 0 Å². The van der Waals surface area contributed by atoms with Crippen molar-refractivity contribution in [2.24, 2.45) is 0 Å². The van der Waals surface area contributed by atoms with Crippen molar-refractivity contribution in [1.82, 2.24) is 24.7 Å². The van der Waals surface area contributed by atoms with Crippen molar-refractivity contribution < 1.29 is 19.0 Å². The minimum Gasteiger partial charge on any atom is -0.484 e. The first kappa shape index (κ1) is 14.9. The van der Waals surface area contributed by atoms with Gasteiger partial charge in [0.1, 0.15) is 30.5 Å². The van der Waals surface area contributed by atoms with Gasteiger partial charge in [0.25, 0.3) is 5.91 Å². The number of nitrogens with zero attached hydrogens (tertiary/aromatic N) is 5. The molecule has 4 rings (SSSR count). The van der Waals surface area contributed by atoms with Gasteiger partial charge in [-0.15, -0.1) is 0 Å². The molecule has 1 amide bonds. The minimum atomic E-state index is -0.360. The number of nitrogens with one attached hydrogen (secondary N) is 1.